The van der Waals surface area contributed by atoms with E-state index in [0.29, 0.717) is 5.92 Å². The number of ether oxygens (including phenoxy) is 2. The second-order valence-electron chi connectivity index (χ2n) is 4.94. The van der Waals surface area contributed by atoms with Gasteiger partial charge in [-0.05, 0) is 43.4 Å². The quantitative estimate of drug-likeness (QED) is 0.635. The fourth-order valence-electron chi connectivity index (χ4n) is 1.86. The molecule has 0 N–H and O–H groups in total. The molecule has 0 bridgehead atoms. The van der Waals surface area contributed by atoms with E-state index in [0.717, 1.165) is 44.0 Å². The molecule has 0 amide bonds. The first-order valence-corrected chi connectivity index (χ1v) is 7.52. The van der Waals surface area contributed by atoms with Crippen molar-refractivity contribution in [1.29, 1.82) is 0 Å². The van der Waals surface area contributed by atoms with Gasteiger partial charge < -0.3 is 9.47 Å². The zero-order valence-electron chi connectivity index (χ0n) is 13.2. The number of hydrogen-bond acceptors (Lipinski definition) is 2. The highest BCUT2D eigenvalue weighted by molar-refractivity contribution is 5.44. The summed E-state index contributed by atoms with van der Waals surface area (Å²) in [7, 11) is 0. The van der Waals surface area contributed by atoms with Crippen molar-refractivity contribution in [2.45, 2.75) is 52.9 Å². The van der Waals surface area contributed by atoms with Crippen LogP contribution < -0.4 is 9.47 Å². The topological polar surface area (TPSA) is 18.5 Å². The lowest BCUT2D eigenvalue weighted by Crippen LogP contribution is -2.02. The van der Waals surface area contributed by atoms with Crippen molar-refractivity contribution in [2.24, 2.45) is 0 Å². The second-order valence-corrected chi connectivity index (χ2v) is 4.94. The summed E-state index contributed by atoms with van der Waals surface area (Å²) in [5, 5.41) is 0. The summed E-state index contributed by atoms with van der Waals surface area (Å²) in [5.41, 5.74) is 1.25. The van der Waals surface area contributed by atoms with E-state index >= 15 is 0 Å². The first kappa shape index (κ1) is 16.4. The summed E-state index contributed by atoms with van der Waals surface area (Å²) in [6, 6.07) is 6.24. The van der Waals surface area contributed by atoms with E-state index in [9.17, 15) is 0 Å². The van der Waals surface area contributed by atoms with Gasteiger partial charge in [-0.25, -0.2) is 0 Å². The van der Waals surface area contributed by atoms with Crippen molar-refractivity contribution in [3.8, 4) is 23.3 Å². The molecular weight excluding hydrogens is 248 g/mol. The van der Waals surface area contributed by atoms with Crippen molar-refractivity contribution >= 4 is 0 Å². The predicted molar refractivity (Wildman–Crippen MR) is 84.5 cm³/mol. The van der Waals surface area contributed by atoms with Gasteiger partial charge in [0.05, 0.1) is 13.2 Å². The van der Waals surface area contributed by atoms with Gasteiger partial charge in [0.2, 0.25) is 0 Å². The van der Waals surface area contributed by atoms with E-state index in [1.165, 1.54) is 5.56 Å². The lowest BCUT2D eigenvalue weighted by atomic mass is 9.97. The van der Waals surface area contributed by atoms with Crippen LogP contribution in [0.2, 0.25) is 0 Å². The van der Waals surface area contributed by atoms with E-state index < -0.39 is 0 Å². The van der Waals surface area contributed by atoms with Crippen molar-refractivity contribution < 1.29 is 9.47 Å². The Morgan fingerprint density at radius 3 is 2.30 bits per heavy atom. The molecule has 0 spiro atoms. The molecule has 1 rings (SSSR count). The Morgan fingerprint density at radius 1 is 1.05 bits per heavy atom. The van der Waals surface area contributed by atoms with E-state index in [-0.39, 0.29) is 0 Å². The molecule has 0 aliphatic rings. The summed E-state index contributed by atoms with van der Waals surface area (Å²) in [6.45, 7) is 9.72. The summed E-state index contributed by atoms with van der Waals surface area (Å²) >= 11 is 0. The Hall–Kier alpha value is -1.62. The molecular formula is C18H26O2. The van der Waals surface area contributed by atoms with Crippen molar-refractivity contribution in [3.05, 3.63) is 23.8 Å². The molecule has 0 saturated carbocycles. The summed E-state index contributed by atoms with van der Waals surface area (Å²) in [5.74, 6) is 8.20. The number of benzene rings is 1. The molecule has 0 heterocycles. The molecule has 1 unspecified atom stereocenters. The molecule has 0 aliphatic carbocycles. The fraction of sp³-hybridized carbons (Fsp3) is 0.556. The van der Waals surface area contributed by atoms with E-state index in [2.05, 4.69) is 44.7 Å². The first-order chi connectivity index (χ1) is 9.72. The SMILES string of the molecule is CC#CCC(C)c1ccc(OCCC)c(OCCC)c1. The zero-order valence-corrected chi connectivity index (χ0v) is 13.2. The minimum atomic E-state index is 0.409. The fourth-order valence-corrected chi connectivity index (χ4v) is 1.86. The van der Waals surface area contributed by atoms with Crippen LogP contribution >= 0.6 is 0 Å². The highest BCUT2D eigenvalue weighted by Gasteiger charge is 2.10. The molecule has 0 saturated heterocycles. The third-order valence-electron chi connectivity index (χ3n) is 3.05. The summed E-state index contributed by atoms with van der Waals surface area (Å²) in [4.78, 5) is 0. The van der Waals surface area contributed by atoms with E-state index in [1.54, 1.807) is 0 Å². The Kier molecular flexibility index (Phi) is 7.65. The Morgan fingerprint density at radius 2 is 1.70 bits per heavy atom. The highest BCUT2D eigenvalue weighted by atomic mass is 16.5. The molecule has 0 fully saturated rings. The maximum Gasteiger partial charge on any atom is 0.161 e. The Labute approximate surface area is 123 Å². The minimum absolute atomic E-state index is 0.409. The maximum atomic E-state index is 5.82. The Balaban J connectivity index is 2.89. The molecule has 20 heavy (non-hydrogen) atoms. The van der Waals surface area contributed by atoms with Gasteiger partial charge in [-0.15, -0.1) is 11.8 Å². The third-order valence-corrected chi connectivity index (χ3v) is 3.05. The monoisotopic (exact) mass is 274 g/mol. The molecule has 0 aromatic heterocycles. The standard InChI is InChI=1S/C18H26O2/c1-5-8-9-15(4)16-10-11-17(19-12-6-2)18(14-16)20-13-7-3/h10-11,14-15H,6-7,9,12-13H2,1-4H3. The van der Waals surface area contributed by atoms with Crippen LogP contribution in [0.25, 0.3) is 0 Å². The average Bonchev–Trinajstić information content (AvgIpc) is 2.48. The molecule has 0 radical (unpaired) electrons. The maximum absolute atomic E-state index is 5.82. The van der Waals surface area contributed by atoms with Crippen molar-refractivity contribution in [1.82, 2.24) is 0 Å². The van der Waals surface area contributed by atoms with Gasteiger partial charge in [-0.3, -0.25) is 0 Å². The largest absolute Gasteiger partial charge is 0.490 e. The van der Waals surface area contributed by atoms with Crippen LogP contribution in [0, 0.1) is 11.8 Å². The molecule has 1 aromatic rings. The predicted octanol–water partition coefficient (Wildman–Crippen LogP) is 4.78. The molecule has 1 aromatic carbocycles. The van der Waals surface area contributed by atoms with Crippen LogP contribution in [-0.2, 0) is 0 Å². The molecule has 1 atom stereocenters. The van der Waals surface area contributed by atoms with Gasteiger partial charge in [-0.2, -0.15) is 0 Å². The minimum Gasteiger partial charge on any atom is -0.490 e. The van der Waals surface area contributed by atoms with Crippen LogP contribution in [-0.4, -0.2) is 13.2 Å². The normalized spacial score (nSPS) is 11.4. The van der Waals surface area contributed by atoms with Crippen molar-refractivity contribution in [3.63, 3.8) is 0 Å². The van der Waals surface area contributed by atoms with Gasteiger partial charge in [-0.1, -0.05) is 26.8 Å². The number of rotatable bonds is 8. The van der Waals surface area contributed by atoms with Gasteiger partial charge in [0.15, 0.2) is 11.5 Å². The van der Waals surface area contributed by atoms with Gasteiger partial charge >= 0.3 is 0 Å². The van der Waals surface area contributed by atoms with Crippen LogP contribution in [0.3, 0.4) is 0 Å². The highest BCUT2D eigenvalue weighted by Crippen LogP contribution is 2.32. The lowest BCUT2D eigenvalue weighted by Gasteiger charge is -2.15. The van der Waals surface area contributed by atoms with Crippen molar-refractivity contribution in [2.75, 3.05) is 13.2 Å². The van der Waals surface area contributed by atoms with Gasteiger partial charge in [0.25, 0.3) is 0 Å². The molecule has 2 heteroatoms. The molecule has 110 valence electrons. The molecule has 0 aliphatic heterocycles. The first-order valence-electron chi connectivity index (χ1n) is 7.52. The van der Waals surface area contributed by atoms with E-state index in [1.807, 2.05) is 13.0 Å². The Bertz CT molecular complexity index is 454. The second kappa shape index (κ2) is 9.31. The number of hydrogen-bond donors (Lipinski definition) is 0. The van der Waals surface area contributed by atoms with Crippen LogP contribution in [0.5, 0.6) is 11.5 Å². The van der Waals surface area contributed by atoms with Crippen LogP contribution in [0.1, 0.15) is 58.4 Å². The van der Waals surface area contributed by atoms with Gasteiger partial charge in [0.1, 0.15) is 0 Å². The van der Waals surface area contributed by atoms with Crippen LogP contribution in [0.15, 0.2) is 18.2 Å². The van der Waals surface area contributed by atoms with Crippen LogP contribution in [0.4, 0.5) is 0 Å². The average molecular weight is 274 g/mol. The molecule has 2 nitrogen and oxygen atoms in total. The summed E-state index contributed by atoms with van der Waals surface area (Å²) in [6.07, 6.45) is 2.87. The smallest absolute Gasteiger partial charge is 0.161 e. The zero-order chi connectivity index (χ0) is 14.8. The van der Waals surface area contributed by atoms with E-state index in [4.69, 9.17) is 9.47 Å². The van der Waals surface area contributed by atoms with Gasteiger partial charge in [0, 0.05) is 6.42 Å². The lowest BCUT2D eigenvalue weighted by molar-refractivity contribution is 0.268. The summed E-state index contributed by atoms with van der Waals surface area (Å²) < 4.78 is 11.6. The third kappa shape index (κ3) is 5.17.